The van der Waals surface area contributed by atoms with Crippen molar-refractivity contribution < 1.29 is 37.4 Å². The zero-order chi connectivity index (χ0) is 28.5. The van der Waals surface area contributed by atoms with Crippen molar-refractivity contribution in [3.8, 4) is 5.75 Å². The molecule has 0 spiro atoms. The number of rotatable bonds is 10. The Hall–Kier alpha value is -3.07. The third kappa shape index (κ3) is 6.24. The second-order valence-electron chi connectivity index (χ2n) is 8.96. The summed E-state index contributed by atoms with van der Waals surface area (Å²) in [4.78, 5) is 34.5. The van der Waals surface area contributed by atoms with Crippen LogP contribution in [0.15, 0.2) is 41.5 Å². The molecular weight excluding hydrogens is 562 g/mol. The lowest BCUT2D eigenvalue weighted by Crippen LogP contribution is -2.40. The minimum absolute atomic E-state index is 0.138. The van der Waals surface area contributed by atoms with Gasteiger partial charge in [0, 0.05) is 0 Å². The summed E-state index contributed by atoms with van der Waals surface area (Å²) in [5.74, 6) is -0.846. The Kier molecular flexibility index (Phi) is 8.30. The van der Waals surface area contributed by atoms with E-state index in [9.17, 15) is 19.3 Å². The molecule has 4 rings (SSSR count). The van der Waals surface area contributed by atoms with Crippen molar-refractivity contribution in [1.82, 2.24) is 24.6 Å². The zero-order valence-electron chi connectivity index (χ0n) is 21.0. The maximum Gasteiger partial charge on any atom is 0.459 e. The second kappa shape index (κ2) is 11.2. The van der Waals surface area contributed by atoms with Crippen molar-refractivity contribution in [2.24, 2.45) is 0 Å². The molecule has 1 aliphatic heterocycles. The summed E-state index contributed by atoms with van der Waals surface area (Å²) in [6.07, 6.45) is -4.60. The van der Waals surface area contributed by atoms with Gasteiger partial charge < -0.3 is 24.8 Å². The summed E-state index contributed by atoms with van der Waals surface area (Å²) in [5.41, 5.74) is 4.60. The molecular formula is C22H27ClFN6O8P. The molecule has 0 amide bonds. The molecule has 5 N–H and O–H groups in total. The van der Waals surface area contributed by atoms with E-state index in [1.54, 1.807) is 32.0 Å². The number of halogens is 2. The molecule has 0 radical (unpaired) electrons. The number of ether oxygens (including phenoxy) is 2. The van der Waals surface area contributed by atoms with Crippen molar-refractivity contribution in [3.63, 3.8) is 0 Å². The van der Waals surface area contributed by atoms with Crippen molar-refractivity contribution in [2.75, 3.05) is 12.3 Å². The van der Waals surface area contributed by atoms with E-state index >= 15 is 4.39 Å². The number of para-hydroxylation sites is 1. The van der Waals surface area contributed by atoms with Gasteiger partial charge in [0.1, 0.15) is 24.0 Å². The number of aromatic amines is 1. The number of carbonyl (C=O) groups excluding carboxylic acids is 1. The van der Waals surface area contributed by atoms with E-state index in [4.69, 9.17) is 35.9 Å². The first kappa shape index (κ1) is 28.9. The number of aliphatic hydroxyl groups excluding tert-OH is 1. The fraction of sp³-hybridized carbons (Fsp3) is 0.455. The zero-order valence-corrected chi connectivity index (χ0v) is 22.6. The highest BCUT2D eigenvalue weighted by atomic mass is 35.5. The minimum Gasteiger partial charge on any atom is -0.462 e. The van der Waals surface area contributed by atoms with Gasteiger partial charge in [-0.3, -0.25) is 23.7 Å². The number of nitrogen functional groups attached to an aromatic ring is 1. The summed E-state index contributed by atoms with van der Waals surface area (Å²) in [6, 6.07) is 6.82. The van der Waals surface area contributed by atoms with Crippen LogP contribution in [0.3, 0.4) is 0 Å². The van der Waals surface area contributed by atoms with E-state index in [-0.39, 0.29) is 22.9 Å². The number of imidazole rings is 1. The SMILES string of the molecule is CC(C)OC(=O)[C@H](C)NP(=O)(OC[C@H]1O[C@@H](n2cnc3c(=O)[nH]c(N)nc32)[C@](F)(Cl)[C@@H]1O)Oc1ccccc1. The first-order chi connectivity index (χ1) is 18.3. The van der Waals surface area contributed by atoms with Crippen LogP contribution in [0.1, 0.15) is 27.0 Å². The van der Waals surface area contributed by atoms with Gasteiger partial charge >= 0.3 is 13.7 Å². The highest BCUT2D eigenvalue weighted by Gasteiger charge is 2.58. The highest BCUT2D eigenvalue weighted by Crippen LogP contribution is 2.49. The number of hydrogen-bond donors (Lipinski definition) is 4. The predicted octanol–water partition coefficient (Wildman–Crippen LogP) is 2.00. The quantitative estimate of drug-likeness (QED) is 0.153. The molecule has 212 valence electrons. The second-order valence-corrected chi connectivity index (χ2v) is 11.2. The van der Waals surface area contributed by atoms with Crippen LogP contribution in [-0.2, 0) is 23.4 Å². The third-order valence-corrected chi connectivity index (χ3v) is 7.57. The summed E-state index contributed by atoms with van der Waals surface area (Å²) in [6.45, 7) is 3.99. The van der Waals surface area contributed by atoms with Gasteiger partial charge in [-0.2, -0.15) is 10.1 Å². The predicted molar refractivity (Wildman–Crippen MR) is 137 cm³/mol. The van der Waals surface area contributed by atoms with E-state index in [2.05, 4.69) is 20.0 Å². The minimum atomic E-state index is -4.35. The number of nitrogens with one attached hydrogen (secondary N) is 2. The number of nitrogens with zero attached hydrogens (tertiary/aromatic N) is 3. The first-order valence-electron chi connectivity index (χ1n) is 11.7. The van der Waals surface area contributed by atoms with Crippen molar-refractivity contribution >= 4 is 42.4 Å². The smallest absolute Gasteiger partial charge is 0.459 e. The van der Waals surface area contributed by atoms with E-state index in [0.29, 0.717) is 0 Å². The lowest BCUT2D eigenvalue weighted by atomic mass is 10.1. The molecule has 1 aliphatic rings. The molecule has 1 unspecified atom stereocenters. The van der Waals surface area contributed by atoms with Crippen LogP contribution < -0.4 is 20.9 Å². The molecule has 0 bridgehead atoms. The normalized spacial score (nSPS) is 25.5. The molecule has 39 heavy (non-hydrogen) atoms. The van der Waals surface area contributed by atoms with Gasteiger partial charge in [0.15, 0.2) is 17.4 Å². The number of alkyl halides is 2. The molecule has 1 saturated heterocycles. The number of aliphatic hydroxyl groups is 1. The van der Waals surface area contributed by atoms with Crippen LogP contribution in [0.4, 0.5) is 10.3 Å². The molecule has 2 aromatic heterocycles. The van der Waals surface area contributed by atoms with Crippen LogP contribution in [0, 0.1) is 0 Å². The number of carbonyl (C=O) groups is 1. The number of esters is 1. The van der Waals surface area contributed by atoms with Gasteiger partial charge in [-0.05, 0) is 32.9 Å². The summed E-state index contributed by atoms with van der Waals surface area (Å²) < 4.78 is 52.0. The maximum absolute atomic E-state index is 15.6. The van der Waals surface area contributed by atoms with E-state index in [0.717, 1.165) is 10.9 Å². The van der Waals surface area contributed by atoms with E-state index < -0.39 is 61.6 Å². The van der Waals surface area contributed by atoms with E-state index in [1.165, 1.54) is 19.1 Å². The fourth-order valence-electron chi connectivity index (χ4n) is 3.73. The molecule has 17 heteroatoms. The lowest BCUT2D eigenvalue weighted by Gasteiger charge is -2.25. The summed E-state index contributed by atoms with van der Waals surface area (Å²) in [7, 11) is -4.35. The maximum atomic E-state index is 15.6. The Balaban J connectivity index is 1.56. The van der Waals surface area contributed by atoms with Crippen LogP contribution in [0.2, 0.25) is 0 Å². The average Bonchev–Trinajstić information content (AvgIpc) is 3.36. The van der Waals surface area contributed by atoms with Gasteiger partial charge in [0.2, 0.25) is 5.95 Å². The van der Waals surface area contributed by atoms with Gasteiger partial charge in [0.25, 0.3) is 10.7 Å². The lowest BCUT2D eigenvalue weighted by molar-refractivity contribution is -0.149. The Morgan fingerprint density at radius 2 is 2.08 bits per heavy atom. The number of nitrogens with two attached hydrogens (primary N) is 1. The van der Waals surface area contributed by atoms with Gasteiger partial charge in [-0.25, -0.2) is 13.9 Å². The Morgan fingerprint density at radius 1 is 1.38 bits per heavy atom. The van der Waals surface area contributed by atoms with Crippen molar-refractivity contribution in [3.05, 3.63) is 47.0 Å². The molecule has 3 aromatic rings. The highest BCUT2D eigenvalue weighted by molar-refractivity contribution is 7.52. The first-order valence-corrected chi connectivity index (χ1v) is 13.6. The molecule has 1 fully saturated rings. The standard InChI is InChI=1S/C22H27ClFN6O8P/c1-11(2)36-19(33)12(3)29-39(34,38-13-7-5-4-6-8-13)35-9-14-16(31)22(23,24)20(37-14)30-10-26-15-17(30)27-21(25)28-18(15)32/h4-8,10-12,14,16,20,31H,9H2,1-3H3,(H,29,34)(H3,25,27,28,32)/t12-,14+,16+,20+,22-,39?/m0/s1. The number of fused-ring (bicyclic) bond motifs is 1. The van der Waals surface area contributed by atoms with Crippen LogP contribution >= 0.6 is 19.3 Å². The Morgan fingerprint density at radius 3 is 2.74 bits per heavy atom. The number of H-pyrrole nitrogens is 1. The fourth-order valence-corrected chi connectivity index (χ4v) is 5.53. The van der Waals surface area contributed by atoms with E-state index in [1.807, 2.05) is 0 Å². The molecule has 3 heterocycles. The Bertz CT molecular complexity index is 1440. The largest absolute Gasteiger partial charge is 0.462 e. The third-order valence-electron chi connectivity index (χ3n) is 5.52. The number of aromatic nitrogens is 4. The van der Waals surface area contributed by atoms with Gasteiger partial charge in [0.05, 0.1) is 19.0 Å². The molecule has 0 saturated carbocycles. The number of hydrogen-bond acceptors (Lipinski definition) is 11. The molecule has 1 aromatic carbocycles. The van der Waals surface area contributed by atoms with Crippen LogP contribution in [0.5, 0.6) is 5.75 Å². The number of benzene rings is 1. The average molecular weight is 589 g/mol. The summed E-state index contributed by atoms with van der Waals surface area (Å²) >= 11 is 6.04. The van der Waals surface area contributed by atoms with Gasteiger partial charge in [-0.1, -0.05) is 29.8 Å². The summed E-state index contributed by atoms with van der Waals surface area (Å²) in [5, 5.41) is 10.2. The number of anilines is 1. The Labute approximate surface area is 226 Å². The van der Waals surface area contributed by atoms with Crippen molar-refractivity contribution in [2.45, 2.75) is 56.5 Å². The topological polar surface area (TPSA) is 193 Å². The van der Waals surface area contributed by atoms with Gasteiger partial charge in [-0.15, -0.1) is 0 Å². The molecule has 14 nitrogen and oxygen atoms in total. The monoisotopic (exact) mass is 588 g/mol. The van der Waals surface area contributed by atoms with Crippen LogP contribution in [0.25, 0.3) is 11.2 Å². The molecule has 0 aliphatic carbocycles. The molecule has 6 atom stereocenters. The van der Waals surface area contributed by atoms with Crippen LogP contribution in [-0.4, -0.2) is 66.7 Å². The van der Waals surface area contributed by atoms with Crippen molar-refractivity contribution in [1.29, 1.82) is 0 Å².